The van der Waals surface area contributed by atoms with Gasteiger partial charge in [-0.25, -0.2) is 0 Å². The molecule has 2 amide bonds. The van der Waals surface area contributed by atoms with Crippen molar-refractivity contribution in [2.45, 2.75) is 18.3 Å². The summed E-state index contributed by atoms with van der Waals surface area (Å²) in [5.41, 5.74) is 8.44. The summed E-state index contributed by atoms with van der Waals surface area (Å²) in [6.45, 7) is 0.201. The average Bonchev–Trinajstić information content (AvgIpc) is 3.50. The van der Waals surface area contributed by atoms with E-state index < -0.39 is 11.3 Å². The van der Waals surface area contributed by atoms with Crippen molar-refractivity contribution in [3.8, 4) is 28.4 Å². The fourth-order valence-electron chi connectivity index (χ4n) is 4.04. The number of fused-ring (bicyclic) bond motifs is 1. The van der Waals surface area contributed by atoms with E-state index in [1.165, 1.54) is 0 Å². The van der Waals surface area contributed by atoms with Gasteiger partial charge in [0.15, 0.2) is 11.5 Å². The highest BCUT2D eigenvalue weighted by Crippen LogP contribution is 2.51. The lowest BCUT2D eigenvalue weighted by Gasteiger charge is -2.17. The zero-order valence-electron chi connectivity index (χ0n) is 17.5. The average molecular weight is 437 g/mol. The van der Waals surface area contributed by atoms with Gasteiger partial charge in [-0.2, -0.15) is 0 Å². The van der Waals surface area contributed by atoms with Crippen LogP contribution in [0.3, 0.4) is 0 Å². The maximum Gasteiger partial charge on any atom is 0.248 e. The van der Waals surface area contributed by atoms with Crippen molar-refractivity contribution < 1.29 is 28.1 Å². The Labute approximate surface area is 189 Å². The molecule has 1 fully saturated rings. The molecule has 3 N–H and O–H groups in total. The molecule has 1 aliphatic carbocycles. The fraction of sp³-hybridized carbons (Fsp3) is 0.200. The first-order chi connectivity index (χ1) is 15.5. The van der Waals surface area contributed by atoms with Crippen LogP contribution in [-0.2, 0) is 10.2 Å². The van der Waals surface area contributed by atoms with Gasteiger partial charge >= 0.3 is 0 Å². The number of carbonyl (C=O) groups is 2. The summed E-state index contributed by atoms with van der Waals surface area (Å²) in [6, 6.07) is 18.1. The summed E-state index contributed by atoms with van der Waals surface area (Å²) in [4.78, 5) is 24.6. The van der Waals surface area contributed by atoms with E-state index in [1.54, 1.807) is 31.4 Å². The molecule has 0 saturated heterocycles. The molecule has 168 valence electrons. The molecule has 0 aromatic heterocycles. The molecule has 0 bridgehead atoms. The molecule has 0 atom stereocenters. The van der Waals surface area contributed by atoms with Crippen molar-refractivity contribution in [1.82, 2.24) is 0 Å². The molecular weight excluding hydrogens is 408 g/mol. The number of nitrogens with one attached hydrogen (secondary N) is 1. The third kappa shape index (κ3) is 3.41. The third-order valence-electron chi connectivity index (χ3n) is 6.05. The number of primary amides is 1. The van der Waals surface area contributed by atoms with Crippen molar-refractivity contribution in [3.05, 3.63) is 71.8 Å². The summed E-state index contributed by atoms with van der Waals surface area (Å²) >= 11 is 0. The van der Waals surface area contributed by atoms with E-state index in [0.717, 1.165) is 29.5 Å². The number of carbonyl (C=O) groups excluding carboxylic acids is 2. The van der Waals surface area contributed by atoms with Crippen molar-refractivity contribution in [2.75, 3.05) is 19.2 Å². The van der Waals surface area contributed by atoms with Crippen LogP contribution in [0, 0.1) is 0 Å². The normalized spacial score (nSPS) is 15.2. The highest BCUT2D eigenvalue weighted by molar-refractivity contribution is 6.02. The van der Waals surface area contributed by atoms with Gasteiger partial charge in [0.25, 0.3) is 0 Å². The van der Waals surface area contributed by atoms with E-state index >= 15 is 0 Å². The first-order valence-corrected chi connectivity index (χ1v) is 10.3. The highest BCUT2D eigenvalue weighted by Gasteiger charge is 2.51. The molecule has 3 aromatic carbocycles. The molecule has 5 rings (SSSR count). The summed E-state index contributed by atoms with van der Waals surface area (Å²) in [7, 11) is 1.59. The van der Waals surface area contributed by atoms with Crippen LogP contribution in [0.4, 0.5) is 5.69 Å². The lowest BCUT2D eigenvalue weighted by Crippen LogP contribution is -2.27. The number of hydrogen-bond donors (Lipinski definition) is 2. The van der Waals surface area contributed by atoms with Crippen LogP contribution in [0.1, 0.15) is 33.0 Å². The van der Waals surface area contributed by atoms with Crippen LogP contribution in [0.15, 0.2) is 60.7 Å². The predicted molar refractivity (Wildman–Crippen MR) is 125 cm³/mol. The van der Waals surface area contributed by atoms with E-state index in [-0.39, 0.29) is 17.0 Å². The Morgan fingerprint density at radius 1 is 1.00 bits per heavy atom. The van der Waals surface area contributed by atoms with Gasteiger partial charge in [-0.05, 0) is 66.4 Å². The summed E-state index contributed by atoms with van der Waals surface area (Å²) in [6.07, 6.45) is 1.55. The monoisotopic (exact) mass is 436 g/mol. The molecule has 0 unspecified atom stereocenters. The molecule has 0 radical (unpaired) electrons. The second-order valence-electron chi connectivity index (χ2n) is 7.96. The maximum absolute atomic E-state index is 13.3. The Bertz CT molecular complexity index is 1230. The van der Waals surface area contributed by atoms with Crippen LogP contribution >= 0.6 is 0 Å². The maximum atomic E-state index is 13.3. The molecule has 0 spiro atoms. The van der Waals surface area contributed by atoms with E-state index in [0.29, 0.717) is 28.5 Å². The summed E-state index contributed by atoms with van der Waals surface area (Å²) < 4.78 is 16.4. The standard InChI is InChI=1S/C25H22N2O5.3H2/c1-30-20-9-7-18(13-19(20)15-2-4-16(5-3-15)23(26)28)27-24(29)25(10-11-25)17-6-8-21-22(12-17)32-14-31-21;;;/h2-9,12-13H,10-11,14H2,1H3,(H2,26,28)(H,27,29);3*1H. The molecule has 1 saturated carbocycles. The summed E-state index contributed by atoms with van der Waals surface area (Å²) in [5, 5.41) is 3.06. The SMILES string of the molecule is COc1ccc(NC(=O)C2(c3ccc4c(c3)OCO4)CC2)cc1-c1ccc(C(N)=O)cc1.[HH].[HH].[HH]. The third-order valence-corrected chi connectivity index (χ3v) is 6.05. The van der Waals surface area contributed by atoms with E-state index in [9.17, 15) is 9.59 Å². The first kappa shape index (κ1) is 19.9. The van der Waals surface area contributed by atoms with Gasteiger partial charge in [0.2, 0.25) is 18.6 Å². The van der Waals surface area contributed by atoms with Gasteiger partial charge in [0, 0.05) is 21.1 Å². The van der Waals surface area contributed by atoms with Crippen molar-refractivity contribution in [2.24, 2.45) is 5.73 Å². The van der Waals surface area contributed by atoms with Crippen LogP contribution in [-0.4, -0.2) is 25.7 Å². The second kappa shape index (κ2) is 7.60. The van der Waals surface area contributed by atoms with E-state index in [2.05, 4.69) is 5.32 Å². The van der Waals surface area contributed by atoms with Crippen molar-refractivity contribution >= 4 is 17.5 Å². The topological polar surface area (TPSA) is 99.9 Å². The quantitative estimate of drug-likeness (QED) is 0.588. The van der Waals surface area contributed by atoms with E-state index in [1.807, 2.05) is 36.4 Å². The van der Waals surface area contributed by atoms with Gasteiger partial charge in [-0.1, -0.05) is 18.2 Å². The Morgan fingerprint density at radius 3 is 2.44 bits per heavy atom. The van der Waals surface area contributed by atoms with Gasteiger partial charge < -0.3 is 25.3 Å². The number of rotatable bonds is 6. The van der Waals surface area contributed by atoms with Gasteiger partial charge in [0.05, 0.1) is 12.5 Å². The van der Waals surface area contributed by atoms with Gasteiger partial charge in [-0.15, -0.1) is 0 Å². The summed E-state index contributed by atoms with van der Waals surface area (Å²) in [5.74, 6) is 1.49. The molecule has 1 heterocycles. The smallest absolute Gasteiger partial charge is 0.248 e. The van der Waals surface area contributed by atoms with E-state index in [4.69, 9.17) is 19.9 Å². The predicted octanol–water partition coefficient (Wildman–Crippen LogP) is 4.60. The number of nitrogens with two attached hydrogens (primary N) is 1. The second-order valence-corrected chi connectivity index (χ2v) is 7.96. The number of ether oxygens (including phenoxy) is 3. The lowest BCUT2D eigenvalue weighted by molar-refractivity contribution is -0.118. The minimum absolute atomic E-state index is 0. The Kier molecular flexibility index (Phi) is 4.74. The number of benzene rings is 3. The number of methoxy groups -OCH3 is 1. The molecule has 7 nitrogen and oxygen atoms in total. The highest BCUT2D eigenvalue weighted by atomic mass is 16.7. The van der Waals surface area contributed by atoms with Gasteiger partial charge in [0.1, 0.15) is 5.75 Å². The van der Waals surface area contributed by atoms with Crippen LogP contribution in [0.2, 0.25) is 0 Å². The van der Waals surface area contributed by atoms with Crippen LogP contribution < -0.4 is 25.3 Å². The van der Waals surface area contributed by atoms with Crippen LogP contribution in [0.25, 0.3) is 11.1 Å². The van der Waals surface area contributed by atoms with Crippen molar-refractivity contribution in [3.63, 3.8) is 0 Å². The number of hydrogen-bond acceptors (Lipinski definition) is 5. The van der Waals surface area contributed by atoms with Gasteiger partial charge in [-0.3, -0.25) is 9.59 Å². The number of amides is 2. The minimum Gasteiger partial charge on any atom is -0.496 e. The Morgan fingerprint density at radius 2 is 1.75 bits per heavy atom. The molecule has 32 heavy (non-hydrogen) atoms. The number of anilines is 1. The Hall–Kier alpha value is -4.00. The molecular formula is C25H28N2O5. The molecule has 7 heteroatoms. The van der Waals surface area contributed by atoms with Crippen molar-refractivity contribution in [1.29, 1.82) is 0 Å². The zero-order chi connectivity index (χ0) is 22.3. The largest absolute Gasteiger partial charge is 0.496 e. The Balaban J connectivity index is 0.00000144. The zero-order valence-corrected chi connectivity index (χ0v) is 17.5. The lowest BCUT2D eigenvalue weighted by atomic mass is 9.94. The first-order valence-electron chi connectivity index (χ1n) is 10.3. The molecule has 1 aliphatic heterocycles. The molecule has 3 aromatic rings. The molecule has 2 aliphatic rings. The minimum atomic E-state index is -0.565. The van der Waals surface area contributed by atoms with Crippen LogP contribution in [0.5, 0.6) is 17.2 Å². The fourth-order valence-corrected chi connectivity index (χ4v) is 4.04.